The highest BCUT2D eigenvalue weighted by atomic mass is 16.3. The second kappa shape index (κ2) is 12.2. The minimum absolute atomic E-state index is 0.228. The van der Waals surface area contributed by atoms with Crippen LogP contribution in [-0.2, 0) is 6.42 Å². The van der Waals surface area contributed by atoms with Gasteiger partial charge in [0, 0.05) is 38.6 Å². The lowest BCUT2D eigenvalue weighted by atomic mass is 9.94. The van der Waals surface area contributed by atoms with Crippen molar-refractivity contribution in [2.75, 3.05) is 26.2 Å². The van der Waals surface area contributed by atoms with Crippen LogP contribution in [0.25, 0.3) is 5.69 Å². The van der Waals surface area contributed by atoms with Gasteiger partial charge in [-0.3, -0.25) is 4.99 Å². The fraction of sp³-hybridized carbons (Fsp3) is 0.545. The average Bonchev–Trinajstić information content (AvgIpc) is 3.21. The smallest absolute Gasteiger partial charge is 0.191 e. The third-order valence-corrected chi connectivity index (χ3v) is 4.61. The molecule has 2 aromatic rings. The molecule has 2 rings (SSSR count). The summed E-state index contributed by atoms with van der Waals surface area (Å²) >= 11 is 0. The molecule has 1 aromatic heterocycles. The molecular formula is C22H35N5O. The summed E-state index contributed by atoms with van der Waals surface area (Å²) in [5.74, 6) is 1.89. The van der Waals surface area contributed by atoms with E-state index in [1.54, 1.807) is 6.20 Å². The molecule has 0 saturated carbocycles. The van der Waals surface area contributed by atoms with Gasteiger partial charge in [-0.25, -0.2) is 4.68 Å². The monoisotopic (exact) mass is 385 g/mol. The van der Waals surface area contributed by atoms with Gasteiger partial charge in [-0.15, -0.1) is 0 Å². The van der Waals surface area contributed by atoms with Crippen LogP contribution in [0, 0.1) is 11.8 Å². The lowest BCUT2D eigenvalue weighted by Gasteiger charge is -2.17. The van der Waals surface area contributed by atoms with Crippen LogP contribution in [0.3, 0.4) is 0 Å². The Hall–Kier alpha value is -2.34. The molecule has 1 heterocycles. The normalized spacial score (nSPS) is 13.0. The SMILES string of the molecule is CCNC(=NCC(CCO)CC(C)C)NCCc1ccc(-n2cccn2)cc1. The summed E-state index contributed by atoms with van der Waals surface area (Å²) < 4.78 is 1.86. The summed E-state index contributed by atoms with van der Waals surface area (Å²) in [6.07, 6.45) is 6.55. The van der Waals surface area contributed by atoms with E-state index < -0.39 is 0 Å². The van der Waals surface area contributed by atoms with Crippen molar-refractivity contribution in [3.63, 3.8) is 0 Å². The van der Waals surface area contributed by atoms with Gasteiger partial charge in [0.2, 0.25) is 0 Å². The molecule has 0 aliphatic heterocycles. The maximum atomic E-state index is 9.28. The topological polar surface area (TPSA) is 74.5 Å². The van der Waals surface area contributed by atoms with Gasteiger partial charge in [0.05, 0.1) is 5.69 Å². The molecule has 0 fully saturated rings. The van der Waals surface area contributed by atoms with Crippen molar-refractivity contribution in [2.45, 2.75) is 40.0 Å². The van der Waals surface area contributed by atoms with Crippen molar-refractivity contribution in [1.82, 2.24) is 20.4 Å². The number of nitrogens with zero attached hydrogens (tertiary/aromatic N) is 3. The predicted molar refractivity (Wildman–Crippen MR) is 116 cm³/mol. The van der Waals surface area contributed by atoms with Crippen LogP contribution in [0.4, 0.5) is 0 Å². The molecule has 1 atom stereocenters. The molecule has 0 aliphatic carbocycles. The summed E-state index contributed by atoms with van der Waals surface area (Å²) in [7, 11) is 0. The number of benzene rings is 1. The van der Waals surface area contributed by atoms with Crippen molar-refractivity contribution < 1.29 is 5.11 Å². The number of nitrogens with one attached hydrogen (secondary N) is 2. The zero-order chi connectivity index (χ0) is 20.2. The number of rotatable bonds is 11. The Morgan fingerprint density at radius 2 is 2.00 bits per heavy atom. The number of hydrogen-bond donors (Lipinski definition) is 3. The quantitative estimate of drug-likeness (QED) is 0.411. The fourth-order valence-electron chi connectivity index (χ4n) is 3.26. The molecule has 154 valence electrons. The molecule has 0 amide bonds. The highest BCUT2D eigenvalue weighted by Crippen LogP contribution is 2.15. The average molecular weight is 386 g/mol. The molecule has 28 heavy (non-hydrogen) atoms. The number of aromatic nitrogens is 2. The van der Waals surface area contributed by atoms with E-state index in [4.69, 9.17) is 4.99 Å². The van der Waals surface area contributed by atoms with Gasteiger partial charge in [0.1, 0.15) is 0 Å². The number of guanidine groups is 1. The van der Waals surface area contributed by atoms with Crippen LogP contribution < -0.4 is 10.6 Å². The Balaban J connectivity index is 1.84. The van der Waals surface area contributed by atoms with Gasteiger partial charge in [0.25, 0.3) is 0 Å². The standard InChI is InChI=1S/C22H35N5O/c1-4-23-22(25-17-20(11-15-28)16-18(2)3)24-13-10-19-6-8-21(9-7-19)27-14-5-12-26-27/h5-9,12,14,18,20,28H,4,10-11,13,15-17H2,1-3H3,(H2,23,24,25). The minimum atomic E-state index is 0.228. The third-order valence-electron chi connectivity index (χ3n) is 4.61. The lowest BCUT2D eigenvalue weighted by Crippen LogP contribution is -2.38. The Morgan fingerprint density at radius 1 is 1.21 bits per heavy atom. The van der Waals surface area contributed by atoms with E-state index in [9.17, 15) is 5.11 Å². The summed E-state index contributed by atoms with van der Waals surface area (Å²) in [6, 6.07) is 10.4. The van der Waals surface area contributed by atoms with E-state index in [0.717, 1.165) is 50.5 Å². The van der Waals surface area contributed by atoms with E-state index in [1.807, 2.05) is 16.9 Å². The van der Waals surface area contributed by atoms with Gasteiger partial charge in [-0.05, 0) is 61.8 Å². The van der Waals surface area contributed by atoms with Crippen molar-refractivity contribution in [3.8, 4) is 5.69 Å². The molecule has 6 heteroatoms. The Bertz CT molecular complexity index is 679. The van der Waals surface area contributed by atoms with Gasteiger partial charge in [-0.2, -0.15) is 5.10 Å². The zero-order valence-corrected chi connectivity index (χ0v) is 17.4. The highest BCUT2D eigenvalue weighted by molar-refractivity contribution is 5.79. The van der Waals surface area contributed by atoms with E-state index in [1.165, 1.54) is 5.56 Å². The fourth-order valence-corrected chi connectivity index (χ4v) is 3.26. The first kappa shape index (κ1) is 22.0. The molecule has 0 saturated heterocycles. The molecule has 3 N–H and O–H groups in total. The first-order valence-electron chi connectivity index (χ1n) is 10.3. The number of aliphatic hydroxyl groups is 1. The summed E-state index contributed by atoms with van der Waals surface area (Å²) in [6.45, 7) is 9.13. The number of hydrogen-bond acceptors (Lipinski definition) is 3. The number of aliphatic imine (C=N–C) groups is 1. The van der Waals surface area contributed by atoms with Crippen LogP contribution in [-0.4, -0.2) is 47.1 Å². The summed E-state index contributed by atoms with van der Waals surface area (Å²) in [5.41, 5.74) is 2.34. The first-order chi connectivity index (χ1) is 13.6. The van der Waals surface area contributed by atoms with E-state index in [0.29, 0.717) is 11.8 Å². The Labute approximate surface area is 169 Å². The molecule has 1 unspecified atom stereocenters. The van der Waals surface area contributed by atoms with E-state index in [-0.39, 0.29) is 6.61 Å². The van der Waals surface area contributed by atoms with Crippen LogP contribution in [0.2, 0.25) is 0 Å². The van der Waals surface area contributed by atoms with Gasteiger partial charge >= 0.3 is 0 Å². The maximum Gasteiger partial charge on any atom is 0.191 e. The Kier molecular flexibility index (Phi) is 9.55. The van der Waals surface area contributed by atoms with Crippen molar-refractivity contribution in [3.05, 3.63) is 48.3 Å². The summed E-state index contributed by atoms with van der Waals surface area (Å²) in [4.78, 5) is 4.74. The largest absolute Gasteiger partial charge is 0.396 e. The molecular weight excluding hydrogens is 350 g/mol. The molecule has 0 spiro atoms. The minimum Gasteiger partial charge on any atom is -0.396 e. The molecule has 0 radical (unpaired) electrons. The van der Waals surface area contributed by atoms with Gasteiger partial charge in [-0.1, -0.05) is 26.0 Å². The van der Waals surface area contributed by atoms with Crippen LogP contribution in [0.15, 0.2) is 47.7 Å². The second-order valence-electron chi connectivity index (χ2n) is 7.52. The number of aliphatic hydroxyl groups excluding tert-OH is 1. The molecule has 6 nitrogen and oxygen atoms in total. The third kappa shape index (κ3) is 7.72. The lowest BCUT2D eigenvalue weighted by molar-refractivity contribution is 0.245. The first-order valence-corrected chi connectivity index (χ1v) is 10.3. The maximum absolute atomic E-state index is 9.28. The van der Waals surface area contributed by atoms with Crippen LogP contribution in [0.5, 0.6) is 0 Å². The van der Waals surface area contributed by atoms with Crippen LogP contribution >= 0.6 is 0 Å². The van der Waals surface area contributed by atoms with Crippen molar-refractivity contribution in [1.29, 1.82) is 0 Å². The second-order valence-corrected chi connectivity index (χ2v) is 7.52. The molecule has 0 bridgehead atoms. The van der Waals surface area contributed by atoms with Gasteiger partial charge < -0.3 is 15.7 Å². The van der Waals surface area contributed by atoms with Gasteiger partial charge in [0.15, 0.2) is 5.96 Å². The molecule has 1 aromatic carbocycles. The van der Waals surface area contributed by atoms with E-state index >= 15 is 0 Å². The Morgan fingerprint density at radius 3 is 2.61 bits per heavy atom. The predicted octanol–water partition coefficient (Wildman–Crippen LogP) is 3.01. The van der Waals surface area contributed by atoms with Crippen LogP contribution in [0.1, 0.15) is 39.2 Å². The van der Waals surface area contributed by atoms with Crippen molar-refractivity contribution in [2.24, 2.45) is 16.8 Å². The molecule has 0 aliphatic rings. The zero-order valence-electron chi connectivity index (χ0n) is 17.4. The van der Waals surface area contributed by atoms with E-state index in [2.05, 4.69) is 60.8 Å². The van der Waals surface area contributed by atoms with Crippen molar-refractivity contribution >= 4 is 5.96 Å². The summed E-state index contributed by atoms with van der Waals surface area (Å²) in [5, 5.41) is 20.3. The highest BCUT2D eigenvalue weighted by Gasteiger charge is 2.10.